The Morgan fingerprint density at radius 3 is 2.70 bits per heavy atom. The van der Waals surface area contributed by atoms with E-state index in [4.69, 9.17) is 9.15 Å². The lowest BCUT2D eigenvalue weighted by Crippen LogP contribution is -2.19. The Hall–Kier alpha value is -1.03. The fourth-order valence-corrected chi connectivity index (χ4v) is 1.97. The number of hydrogen-bond donors (Lipinski definition) is 1. The van der Waals surface area contributed by atoms with E-state index in [0.717, 1.165) is 25.2 Å². The summed E-state index contributed by atoms with van der Waals surface area (Å²) in [5, 5.41) is 3.33. The third kappa shape index (κ3) is 8.20. The molecule has 0 amide bonds. The van der Waals surface area contributed by atoms with Crippen LogP contribution in [0.15, 0.2) is 10.7 Å². The van der Waals surface area contributed by atoms with Crippen LogP contribution in [0.1, 0.15) is 65.0 Å². The summed E-state index contributed by atoms with van der Waals surface area (Å²) in [6, 6.07) is 0. The van der Waals surface area contributed by atoms with Gasteiger partial charge in [0.25, 0.3) is 0 Å². The summed E-state index contributed by atoms with van der Waals surface area (Å²) in [7, 11) is 0. The molecule has 0 spiro atoms. The van der Waals surface area contributed by atoms with Gasteiger partial charge in [-0.25, -0.2) is 0 Å². The van der Waals surface area contributed by atoms with Crippen LogP contribution in [-0.2, 0) is 6.54 Å². The first-order valence-electron chi connectivity index (χ1n) is 8.00. The van der Waals surface area contributed by atoms with Crippen LogP contribution in [0.4, 0.5) is 0 Å². The Morgan fingerprint density at radius 1 is 1.20 bits per heavy atom. The van der Waals surface area contributed by atoms with Crippen LogP contribution in [0.3, 0.4) is 0 Å². The van der Waals surface area contributed by atoms with Crippen LogP contribution < -0.4 is 10.1 Å². The van der Waals surface area contributed by atoms with E-state index >= 15 is 0 Å². The zero-order chi connectivity index (χ0) is 14.6. The molecule has 1 aromatic rings. The minimum atomic E-state index is 0.403. The highest BCUT2D eigenvalue weighted by Crippen LogP contribution is 2.11. The third-order valence-electron chi connectivity index (χ3n) is 3.11. The fraction of sp³-hybridized carbons (Fsp3) is 0.812. The standard InChI is InChI=1S/C16H30N2O2/c1-4-5-6-7-8-9-10-19-16-18-15(13-20-16)12-17-11-14(2)3/h13-14,17H,4-12H2,1-3H3. The van der Waals surface area contributed by atoms with E-state index in [0.29, 0.717) is 18.6 Å². The summed E-state index contributed by atoms with van der Waals surface area (Å²) in [4.78, 5) is 4.30. The molecule has 0 atom stereocenters. The molecule has 0 saturated carbocycles. The molecule has 1 N–H and O–H groups in total. The molecule has 1 aromatic heterocycles. The Kier molecular flexibility index (Phi) is 9.13. The van der Waals surface area contributed by atoms with Gasteiger partial charge < -0.3 is 14.5 Å². The first kappa shape index (κ1) is 17.0. The largest absolute Gasteiger partial charge is 0.450 e. The van der Waals surface area contributed by atoms with Crippen LogP contribution >= 0.6 is 0 Å². The minimum absolute atomic E-state index is 0.403. The van der Waals surface area contributed by atoms with Crippen molar-refractivity contribution in [2.75, 3.05) is 13.2 Å². The monoisotopic (exact) mass is 282 g/mol. The Morgan fingerprint density at radius 2 is 1.95 bits per heavy atom. The van der Waals surface area contributed by atoms with Crippen molar-refractivity contribution in [1.29, 1.82) is 0 Å². The first-order valence-corrected chi connectivity index (χ1v) is 8.00. The number of ether oxygens (including phenoxy) is 1. The Bertz CT molecular complexity index is 337. The van der Waals surface area contributed by atoms with Crippen molar-refractivity contribution in [2.45, 2.75) is 65.8 Å². The van der Waals surface area contributed by atoms with Crippen molar-refractivity contribution in [1.82, 2.24) is 10.3 Å². The molecule has 0 aliphatic carbocycles. The summed E-state index contributed by atoms with van der Waals surface area (Å²) < 4.78 is 10.8. The molecule has 116 valence electrons. The van der Waals surface area contributed by atoms with Gasteiger partial charge in [-0.1, -0.05) is 52.9 Å². The fourth-order valence-electron chi connectivity index (χ4n) is 1.97. The maximum Gasteiger partial charge on any atom is 0.393 e. The van der Waals surface area contributed by atoms with E-state index in [1.54, 1.807) is 6.26 Å². The molecule has 1 rings (SSSR count). The predicted molar refractivity (Wildman–Crippen MR) is 81.9 cm³/mol. The number of nitrogens with zero attached hydrogens (tertiary/aromatic N) is 1. The molecule has 0 unspecified atom stereocenters. The van der Waals surface area contributed by atoms with Gasteiger partial charge >= 0.3 is 6.08 Å². The number of rotatable bonds is 12. The lowest BCUT2D eigenvalue weighted by molar-refractivity contribution is 0.224. The summed E-state index contributed by atoms with van der Waals surface area (Å²) in [6.45, 7) is 9.03. The summed E-state index contributed by atoms with van der Waals surface area (Å²) in [5.74, 6) is 0.644. The molecule has 0 aliphatic heterocycles. The van der Waals surface area contributed by atoms with E-state index in [-0.39, 0.29) is 0 Å². The summed E-state index contributed by atoms with van der Waals surface area (Å²) in [5.41, 5.74) is 0.906. The van der Waals surface area contributed by atoms with Gasteiger partial charge in [0.1, 0.15) is 6.26 Å². The van der Waals surface area contributed by atoms with Crippen LogP contribution in [0.25, 0.3) is 0 Å². The maximum atomic E-state index is 5.52. The second-order valence-corrected chi connectivity index (χ2v) is 5.75. The van der Waals surface area contributed by atoms with Gasteiger partial charge in [0.15, 0.2) is 0 Å². The number of aromatic nitrogens is 1. The highest BCUT2D eigenvalue weighted by Gasteiger charge is 2.04. The van der Waals surface area contributed by atoms with E-state index in [2.05, 4.69) is 31.1 Å². The molecule has 0 fully saturated rings. The molecule has 0 aliphatic rings. The van der Waals surface area contributed by atoms with Crippen molar-refractivity contribution in [3.8, 4) is 6.08 Å². The molecule has 4 heteroatoms. The van der Waals surface area contributed by atoms with Crippen LogP contribution in [0.2, 0.25) is 0 Å². The summed E-state index contributed by atoms with van der Waals surface area (Å²) in [6.07, 6.45) is 9.64. The normalized spacial score (nSPS) is 11.2. The molecule has 0 saturated heterocycles. The van der Waals surface area contributed by atoms with Crippen LogP contribution in [-0.4, -0.2) is 18.1 Å². The van der Waals surface area contributed by atoms with E-state index in [1.807, 2.05) is 0 Å². The van der Waals surface area contributed by atoms with Gasteiger partial charge in [-0.05, 0) is 18.9 Å². The molecule has 0 bridgehead atoms. The number of nitrogens with one attached hydrogen (secondary N) is 1. The maximum absolute atomic E-state index is 5.52. The topological polar surface area (TPSA) is 47.3 Å². The molecule has 0 aromatic carbocycles. The average Bonchev–Trinajstić information content (AvgIpc) is 2.85. The second-order valence-electron chi connectivity index (χ2n) is 5.75. The molecule has 20 heavy (non-hydrogen) atoms. The van der Waals surface area contributed by atoms with Crippen LogP contribution in [0, 0.1) is 5.92 Å². The van der Waals surface area contributed by atoms with E-state index in [9.17, 15) is 0 Å². The van der Waals surface area contributed by atoms with Crippen molar-refractivity contribution in [2.24, 2.45) is 5.92 Å². The molecule has 1 heterocycles. The number of hydrogen-bond acceptors (Lipinski definition) is 4. The lowest BCUT2D eigenvalue weighted by Gasteiger charge is -2.04. The minimum Gasteiger partial charge on any atom is -0.450 e. The SMILES string of the molecule is CCCCCCCCOc1nc(CNCC(C)C)co1. The van der Waals surface area contributed by atoms with Gasteiger partial charge in [0, 0.05) is 6.54 Å². The average molecular weight is 282 g/mol. The van der Waals surface area contributed by atoms with Gasteiger partial charge in [-0.15, -0.1) is 0 Å². The lowest BCUT2D eigenvalue weighted by atomic mass is 10.1. The van der Waals surface area contributed by atoms with Crippen molar-refractivity contribution in [3.63, 3.8) is 0 Å². The van der Waals surface area contributed by atoms with Gasteiger partial charge in [-0.2, -0.15) is 4.98 Å². The molecule has 0 radical (unpaired) electrons. The smallest absolute Gasteiger partial charge is 0.393 e. The quantitative estimate of drug-likeness (QED) is 0.585. The molecular weight excluding hydrogens is 252 g/mol. The number of unbranched alkanes of at least 4 members (excludes halogenated alkanes) is 5. The van der Waals surface area contributed by atoms with Crippen molar-refractivity contribution >= 4 is 0 Å². The summed E-state index contributed by atoms with van der Waals surface area (Å²) >= 11 is 0. The Balaban J connectivity index is 2.05. The van der Waals surface area contributed by atoms with Crippen molar-refractivity contribution < 1.29 is 9.15 Å². The zero-order valence-corrected chi connectivity index (χ0v) is 13.3. The first-order chi connectivity index (χ1) is 9.72. The van der Waals surface area contributed by atoms with E-state index < -0.39 is 0 Å². The highest BCUT2D eigenvalue weighted by molar-refractivity contribution is 4.99. The van der Waals surface area contributed by atoms with Gasteiger partial charge in [0.2, 0.25) is 0 Å². The predicted octanol–water partition coefficient (Wildman–Crippen LogP) is 4.16. The van der Waals surface area contributed by atoms with Crippen LogP contribution in [0.5, 0.6) is 6.08 Å². The third-order valence-corrected chi connectivity index (χ3v) is 3.11. The Labute approximate surface area is 123 Å². The highest BCUT2D eigenvalue weighted by atomic mass is 16.6. The molecular formula is C16H30N2O2. The zero-order valence-electron chi connectivity index (χ0n) is 13.3. The second kappa shape index (κ2) is 10.7. The van der Waals surface area contributed by atoms with Gasteiger partial charge in [-0.3, -0.25) is 0 Å². The van der Waals surface area contributed by atoms with Gasteiger partial charge in [0.05, 0.1) is 12.3 Å². The number of oxazole rings is 1. The molecule has 4 nitrogen and oxygen atoms in total. The van der Waals surface area contributed by atoms with E-state index in [1.165, 1.54) is 32.1 Å². The van der Waals surface area contributed by atoms with Crippen molar-refractivity contribution in [3.05, 3.63) is 12.0 Å².